The van der Waals surface area contributed by atoms with Gasteiger partial charge in [-0.3, -0.25) is 9.69 Å². The first kappa shape index (κ1) is 19.1. The Labute approximate surface area is 155 Å². The first-order chi connectivity index (χ1) is 12.5. The highest BCUT2D eigenvalue weighted by Crippen LogP contribution is 2.18. The van der Waals surface area contributed by atoms with E-state index in [9.17, 15) is 4.79 Å². The molecule has 144 valence electrons. The quantitative estimate of drug-likeness (QED) is 0.805. The van der Waals surface area contributed by atoms with Crippen molar-refractivity contribution < 1.29 is 19.0 Å². The van der Waals surface area contributed by atoms with Crippen molar-refractivity contribution in [1.29, 1.82) is 0 Å². The van der Waals surface area contributed by atoms with Crippen molar-refractivity contribution in [3.63, 3.8) is 0 Å². The second-order valence-corrected chi connectivity index (χ2v) is 7.57. The molecule has 6 heteroatoms. The van der Waals surface area contributed by atoms with Crippen LogP contribution in [0.2, 0.25) is 0 Å². The van der Waals surface area contributed by atoms with Crippen LogP contribution in [0.5, 0.6) is 5.75 Å². The molecular formula is C20H30N2O4. The maximum atomic E-state index is 12.6. The van der Waals surface area contributed by atoms with Crippen LogP contribution in [0.15, 0.2) is 24.3 Å². The molecule has 0 saturated carbocycles. The molecule has 1 N–H and O–H groups in total. The van der Waals surface area contributed by atoms with Gasteiger partial charge < -0.3 is 19.5 Å². The van der Waals surface area contributed by atoms with E-state index in [1.807, 2.05) is 18.2 Å². The molecule has 0 bridgehead atoms. The Morgan fingerprint density at radius 1 is 1.31 bits per heavy atom. The number of hydrogen-bond acceptors (Lipinski definition) is 5. The monoisotopic (exact) mass is 362 g/mol. The minimum Gasteiger partial charge on any atom is -0.491 e. The van der Waals surface area contributed by atoms with Crippen LogP contribution in [0.4, 0.5) is 0 Å². The SMILES string of the molecule is CC(C)(CNC(=O)c1cccc(OC[C@@H]2CCCO2)c1)N1CCOCC1. The summed E-state index contributed by atoms with van der Waals surface area (Å²) in [5, 5.41) is 3.06. The fourth-order valence-corrected chi connectivity index (χ4v) is 3.37. The van der Waals surface area contributed by atoms with Crippen LogP contribution in [0, 0.1) is 0 Å². The fourth-order valence-electron chi connectivity index (χ4n) is 3.37. The van der Waals surface area contributed by atoms with Crippen LogP contribution >= 0.6 is 0 Å². The zero-order valence-corrected chi connectivity index (χ0v) is 15.8. The number of rotatable bonds is 7. The summed E-state index contributed by atoms with van der Waals surface area (Å²) in [6.45, 7) is 9.55. The number of hydrogen-bond donors (Lipinski definition) is 1. The predicted octanol–water partition coefficient (Wildman–Crippen LogP) is 2.08. The van der Waals surface area contributed by atoms with Gasteiger partial charge in [0.05, 0.1) is 19.3 Å². The molecule has 0 aromatic heterocycles. The van der Waals surface area contributed by atoms with Gasteiger partial charge in [0, 0.05) is 37.3 Å². The number of carbonyl (C=O) groups excluding carboxylic acids is 1. The highest BCUT2D eigenvalue weighted by molar-refractivity contribution is 5.94. The lowest BCUT2D eigenvalue weighted by molar-refractivity contribution is -0.00923. The maximum absolute atomic E-state index is 12.6. The first-order valence-electron chi connectivity index (χ1n) is 9.50. The lowest BCUT2D eigenvalue weighted by atomic mass is 10.0. The van der Waals surface area contributed by atoms with Crippen molar-refractivity contribution in [3.05, 3.63) is 29.8 Å². The van der Waals surface area contributed by atoms with Gasteiger partial charge in [0.2, 0.25) is 0 Å². The predicted molar refractivity (Wildman–Crippen MR) is 99.7 cm³/mol. The van der Waals surface area contributed by atoms with Gasteiger partial charge in [0.25, 0.3) is 5.91 Å². The molecule has 0 spiro atoms. The molecule has 2 aliphatic heterocycles. The standard InChI is InChI=1S/C20H30N2O4/c1-20(2,22-8-11-24-12-9-22)15-21-19(23)16-5-3-6-17(13-16)26-14-18-7-4-10-25-18/h3,5-6,13,18H,4,7-12,14-15H2,1-2H3,(H,21,23)/t18-/m0/s1. The number of morpholine rings is 1. The van der Waals surface area contributed by atoms with E-state index >= 15 is 0 Å². The van der Waals surface area contributed by atoms with Gasteiger partial charge in [-0.25, -0.2) is 0 Å². The summed E-state index contributed by atoms with van der Waals surface area (Å²) < 4.78 is 16.8. The van der Waals surface area contributed by atoms with E-state index in [2.05, 4.69) is 24.1 Å². The Hall–Kier alpha value is -1.63. The summed E-state index contributed by atoms with van der Waals surface area (Å²) in [5.41, 5.74) is 0.514. The topological polar surface area (TPSA) is 60.0 Å². The largest absolute Gasteiger partial charge is 0.491 e. The Kier molecular flexibility index (Phi) is 6.51. The van der Waals surface area contributed by atoms with Crippen molar-refractivity contribution in [2.75, 3.05) is 46.1 Å². The van der Waals surface area contributed by atoms with Gasteiger partial charge in [-0.15, -0.1) is 0 Å². The van der Waals surface area contributed by atoms with Gasteiger partial charge in [-0.2, -0.15) is 0 Å². The Balaban J connectivity index is 1.51. The molecule has 3 rings (SSSR count). The molecule has 1 aromatic carbocycles. The summed E-state index contributed by atoms with van der Waals surface area (Å²) in [5.74, 6) is 0.634. The van der Waals surface area contributed by atoms with E-state index in [0.29, 0.717) is 24.5 Å². The minimum absolute atomic E-state index is 0.0751. The van der Waals surface area contributed by atoms with Crippen molar-refractivity contribution in [3.8, 4) is 5.75 Å². The van der Waals surface area contributed by atoms with Crippen LogP contribution in [-0.4, -0.2) is 68.5 Å². The van der Waals surface area contributed by atoms with Crippen molar-refractivity contribution in [2.24, 2.45) is 0 Å². The Bertz CT molecular complexity index is 593. The van der Waals surface area contributed by atoms with Crippen LogP contribution in [0.3, 0.4) is 0 Å². The van der Waals surface area contributed by atoms with Crippen LogP contribution in [0.25, 0.3) is 0 Å². The van der Waals surface area contributed by atoms with E-state index < -0.39 is 0 Å². The number of ether oxygens (including phenoxy) is 3. The third-order valence-electron chi connectivity index (χ3n) is 5.10. The van der Waals surface area contributed by atoms with Gasteiger partial charge in [0.1, 0.15) is 12.4 Å². The molecule has 0 radical (unpaired) electrons. The molecule has 26 heavy (non-hydrogen) atoms. The van der Waals surface area contributed by atoms with Crippen LogP contribution < -0.4 is 10.1 Å². The molecule has 0 unspecified atom stereocenters. The Morgan fingerprint density at radius 3 is 2.85 bits per heavy atom. The molecule has 2 aliphatic rings. The molecule has 1 atom stereocenters. The third kappa shape index (κ3) is 5.19. The third-order valence-corrected chi connectivity index (χ3v) is 5.10. The molecule has 0 aliphatic carbocycles. The van der Waals surface area contributed by atoms with E-state index in [-0.39, 0.29) is 17.6 Å². The average Bonchev–Trinajstić information content (AvgIpc) is 3.19. The van der Waals surface area contributed by atoms with E-state index in [1.165, 1.54) is 0 Å². The summed E-state index contributed by atoms with van der Waals surface area (Å²) in [6.07, 6.45) is 2.30. The molecule has 2 fully saturated rings. The molecule has 2 heterocycles. The van der Waals surface area contributed by atoms with E-state index in [0.717, 1.165) is 45.8 Å². The van der Waals surface area contributed by atoms with Gasteiger partial charge >= 0.3 is 0 Å². The summed E-state index contributed by atoms with van der Waals surface area (Å²) in [6, 6.07) is 7.35. The second-order valence-electron chi connectivity index (χ2n) is 7.57. The highest BCUT2D eigenvalue weighted by Gasteiger charge is 2.28. The van der Waals surface area contributed by atoms with E-state index in [4.69, 9.17) is 14.2 Å². The molecule has 6 nitrogen and oxygen atoms in total. The average molecular weight is 362 g/mol. The zero-order chi connectivity index (χ0) is 18.4. The molecule has 1 amide bonds. The smallest absolute Gasteiger partial charge is 0.251 e. The Morgan fingerprint density at radius 2 is 2.12 bits per heavy atom. The van der Waals surface area contributed by atoms with Gasteiger partial charge in [-0.1, -0.05) is 6.07 Å². The number of benzene rings is 1. The summed E-state index contributed by atoms with van der Waals surface area (Å²) >= 11 is 0. The van der Waals surface area contributed by atoms with Crippen molar-refractivity contribution in [2.45, 2.75) is 38.3 Å². The maximum Gasteiger partial charge on any atom is 0.251 e. The summed E-state index contributed by atoms with van der Waals surface area (Å²) in [4.78, 5) is 14.9. The van der Waals surface area contributed by atoms with Gasteiger partial charge in [-0.05, 0) is 44.9 Å². The van der Waals surface area contributed by atoms with E-state index in [1.54, 1.807) is 6.07 Å². The fraction of sp³-hybridized carbons (Fsp3) is 0.650. The second kappa shape index (κ2) is 8.84. The number of nitrogens with one attached hydrogen (secondary N) is 1. The molecule has 1 aromatic rings. The highest BCUT2D eigenvalue weighted by atomic mass is 16.5. The first-order valence-corrected chi connectivity index (χ1v) is 9.50. The minimum atomic E-state index is -0.104. The summed E-state index contributed by atoms with van der Waals surface area (Å²) in [7, 11) is 0. The number of carbonyl (C=O) groups is 1. The number of nitrogens with zero attached hydrogens (tertiary/aromatic N) is 1. The zero-order valence-electron chi connectivity index (χ0n) is 15.8. The molecular weight excluding hydrogens is 332 g/mol. The van der Waals surface area contributed by atoms with Crippen LogP contribution in [-0.2, 0) is 9.47 Å². The molecule has 2 saturated heterocycles. The van der Waals surface area contributed by atoms with Crippen molar-refractivity contribution >= 4 is 5.91 Å². The normalized spacial score (nSPS) is 21.5. The van der Waals surface area contributed by atoms with Crippen LogP contribution in [0.1, 0.15) is 37.0 Å². The lowest BCUT2D eigenvalue weighted by Crippen LogP contribution is -2.55. The lowest BCUT2D eigenvalue weighted by Gasteiger charge is -2.40. The van der Waals surface area contributed by atoms with Gasteiger partial charge in [0.15, 0.2) is 0 Å². The number of amides is 1. The van der Waals surface area contributed by atoms with Crippen molar-refractivity contribution in [1.82, 2.24) is 10.2 Å².